The number of aryl methyl sites for hydroxylation is 2. The van der Waals surface area contributed by atoms with E-state index >= 15 is 0 Å². The van der Waals surface area contributed by atoms with E-state index in [0.29, 0.717) is 11.4 Å². The third kappa shape index (κ3) is 4.34. The molecule has 1 aliphatic heterocycles. The second-order valence-corrected chi connectivity index (χ2v) is 10.4. The van der Waals surface area contributed by atoms with Gasteiger partial charge < -0.3 is 9.88 Å². The van der Waals surface area contributed by atoms with E-state index in [4.69, 9.17) is 0 Å². The van der Waals surface area contributed by atoms with Crippen LogP contribution in [-0.2, 0) is 5.54 Å². The van der Waals surface area contributed by atoms with Crippen LogP contribution in [0.2, 0.25) is 0 Å². The molecule has 0 amide bonds. The zero-order chi connectivity index (χ0) is 24.7. The Morgan fingerprint density at radius 3 is 2.37 bits per heavy atom. The van der Waals surface area contributed by atoms with Gasteiger partial charge in [-0.1, -0.05) is 30.3 Å². The number of rotatable bonds is 4. The van der Waals surface area contributed by atoms with Crippen molar-refractivity contribution in [2.24, 2.45) is 0 Å². The Labute approximate surface area is 205 Å². The Hall–Kier alpha value is -3.52. The number of piperazine rings is 1. The van der Waals surface area contributed by atoms with Crippen molar-refractivity contribution in [2.75, 3.05) is 31.1 Å². The van der Waals surface area contributed by atoms with Gasteiger partial charge in [0, 0.05) is 37.4 Å². The lowest BCUT2D eigenvalue weighted by Gasteiger charge is -2.40. The Kier molecular flexibility index (Phi) is 5.92. The number of hydrogen-bond acceptors (Lipinski definition) is 6. The number of para-hydroxylation sites is 1. The summed E-state index contributed by atoms with van der Waals surface area (Å²) in [4.78, 5) is 21.4. The first-order valence-electron chi connectivity index (χ1n) is 12.2. The van der Waals surface area contributed by atoms with E-state index in [1.54, 1.807) is 0 Å². The molecule has 3 heterocycles. The van der Waals surface area contributed by atoms with E-state index in [1.807, 2.05) is 23.7 Å². The van der Waals surface area contributed by atoms with E-state index in [0.717, 1.165) is 48.2 Å². The smallest absolute Gasteiger partial charge is 0.253 e. The summed E-state index contributed by atoms with van der Waals surface area (Å²) in [6.45, 7) is 13.7. The van der Waals surface area contributed by atoms with Gasteiger partial charge in [-0.05, 0) is 79.8 Å². The summed E-state index contributed by atoms with van der Waals surface area (Å²) < 4.78 is 1.85. The molecule has 2 aromatic heterocycles. The average molecular weight is 472 g/mol. The Morgan fingerprint density at radius 1 is 0.971 bits per heavy atom. The van der Waals surface area contributed by atoms with Gasteiger partial charge in [-0.25, -0.2) is 4.68 Å². The number of aromatic amines is 1. The van der Waals surface area contributed by atoms with Crippen LogP contribution in [0.1, 0.15) is 49.3 Å². The monoisotopic (exact) mass is 471 g/mol. The van der Waals surface area contributed by atoms with Crippen molar-refractivity contribution in [1.82, 2.24) is 30.1 Å². The van der Waals surface area contributed by atoms with Crippen LogP contribution < -0.4 is 10.5 Å². The molecule has 0 aliphatic carbocycles. The molecule has 8 nitrogen and oxygen atoms in total. The van der Waals surface area contributed by atoms with Gasteiger partial charge in [-0.2, -0.15) is 0 Å². The third-order valence-electron chi connectivity index (χ3n) is 7.05. The first kappa shape index (κ1) is 23.2. The van der Waals surface area contributed by atoms with Gasteiger partial charge in [0.2, 0.25) is 0 Å². The molecule has 0 saturated carbocycles. The van der Waals surface area contributed by atoms with Crippen molar-refractivity contribution in [3.8, 4) is 0 Å². The zero-order valence-electron chi connectivity index (χ0n) is 21.1. The number of anilines is 1. The molecule has 1 fully saturated rings. The summed E-state index contributed by atoms with van der Waals surface area (Å²) in [5, 5.41) is 13.8. The summed E-state index contributed by atoms with van der Waals surface area (Å²) in [6, 6.07) is 16.3. The van der Waals surface area contributed by atoms with Crippen LogP contribution in [0.25, 0.3) is 10.9 Å². The standard InChI is InChI=1S/C27H33N7O/c1-18-11-12-20-17-22(26(35)28-23(20)19(18)2)24(25-29-30-31-34(25)27(3,4)5)33-15-13-32(14-16-33)21-9-7-6-8-10-21/h6-12,17,24H,13-16H2,1-5H3,(H,28,35)/t24-/m0/s1. The first-order chi connectivity index (χ1) is 16.7. The Bertz CT molecular complexity index is 1390. The van der Waals surface area contributed by atoms with Crippen LogP contribution in [-0.4, -0.2) is 56.3 Å². The van der Waals surface area contributed by atoms with Crippen molar-refractivity contribution in [3.63, 3.8) is 0 Å². The van der Waals surface area contributed by atoms with E-state index in [2.05, 4.69) is 94.4 Å². The Morgan fingerprint density at radius 2 is 1.69 bits per heavy atom. The number of pyridine rings is 1. The van der Waals surface area contributed by atoms with Gasteiger partial charge in [-0.3, -0.25) is 9.69 Å². The molecule has 5 rings (SSSR count). The lowest BCUT2D eigenvalue weighted by molar-refractivity contribution is 0.190. The van der Waals surface area contributed by atoms with Crippen molar-refractivity contribution in [3.05, 3.63) is 81.4 Å². The quantitative estimate of drug-likeness (QED) is 0.488. The molecule has 4 aromatic rings. The van der Waals surface area contributed by atoms with Crippen molar-refractivity contribution < 1.29 is 0 Å². The second-order valence-electron chi connectivity index (χ2n) is 10.4. The van der Waals surface area contributed by atoms with Crippen LogP contribution in [0.3, 0.4) is 0 Å². The largest absolute Gasteiger partial charge is 0.369 e. The highest BCUT2D eigenvalue weighted by Gasteiger charge is 2.35. The van der Waals surface area contributed by atoms with Crippen LogP contribution in [0.4, 0.5) is 5.69 Å². The summed E-state index contributed by atoms with van der Waals surface area (Å²) in [5.74, 6) is 0.694. The minimum Gasteiger partial charge on any atom is -0.369 e. The number of tetrazole rings is 1. The number of H-pyrrole nitrogens is 1. The lowest BCUT2D eigenvalue weighted by atomic mass is 9.99. The van der Waals surface area contributed by atoms with Crippen LogP contribution >= 0.6 is 0 Å². The minimum absolute atomic E-state index is 0.0925. The zero-order valence-corrected chi connectivity index (χ0v) is 21.1. The van der Waals surface area contributed by atoms with Gasteiger partial charge in [0.15, 0.2) is 5.82 Å². The number of fused-ring (bicyclic) bond motifs is 1. The molecule has 0 unspecified atom stereocenters. The van der Waals surface area contributed by atoms with Gasteiger partial charge in [0.25, 0.3) is 5.56 Å². The fraction of sp³-hybridized carbons (Fsp3) is 0.407. The van der Waals surface area contributed by atoms with Crippen LogP contribution in [0, 0.1) is 13.8 Å². The fourth-order valence-electron chi connectivity index (χ4n) is 4.96. The van der Waals surface area contributed by atoms with E-state index < -0.39 is 0 Å². The maximum absolute atomic E-state index is 13.6. The topological polar surface area (TPSA) is 82.9 Å². The SMILES string of the molecule is Cc1ccc2cc([C@@H](c3nnnn3C(C)(C)C)N3CCN(c4ccccc4)CC3)c(=O)[nH]c2c1C. The molecule has 8 heteroatoms. The normalized spacial score (nSPS) is 16.1. The van der Waals surface area contributed by atoms with E-state index in [1.165, 1.54) is 5.69 Å². The highest BCUT2D eigenvalue weighted by molar-refractivity contribution is 5.83. The van der Waals surface area contributed by atoms with Crippen LogP contribution in [0.15, 0.2) is 53.3 Å². The maximum Gasteiger partial charge on any atom is 0.253 e. The number of hydrogen-bond donors (Lipinski definition) is 1. The van der Waals surface area contributed by atoms with Gasteiger partial charge >= 0.3 is 0 Å². The summed E-state index contributed by atoms with van der Waals surface area (Å²) in [7, 11) is 0. The molecule has 1 aliphatic rings. The summed E-state index contributed by atoms with van der Waals surface area (Å²) >= 11 is 0. The molecule has 0 bridgehead atoms. The molecule has 1 N–H and O–H groups in total. The molecule has 0 spiro atoms. The van der Waals surface area contributed by atoms with Crippen molar-refractivity contribution >= 4 is 16.6 Å². The molecule has 2 aromatic carbocycles. The van der Waals surface area contributed by atoms with Gasteiger partial charge in [0.1, 0.15) is 6.04 Å². The van der Waals surface area contributed by atoms with E-state index in [-0.39, 0.29) is 17.1 Å². The highest BCUT2D eigenvalue weighted by atomic mass is 16.1. The molecule has 0 radical (unpaired) electrons. The molecule has 35 heavy (non-hydrogen) atoms. The number of nitrogens with one attached hydrogen (secondary N) is 1. The predicted octanol–water partition coefficient (Wildman–Crippen LogP) is 3.80. The van der Waals surface area contributed by atoms with Crippen molar-refractivity contribution in [1.29, 1.82) is 0 Å². The molecular formula is C27H33N7O. The molecular weight excluding hydrogens is 438 g/mol. The highest BCUT2D eigenvalue weighted by Crippen LogP contribution is 2.31. The average Bonchev–Trinajstić information content (AvgIpc) is 3.34. The maximum atomic E-state index is 13.6. The Balaban J connectivity index is 1.58. The number of aromatic nitrogens is 5. The van der Waals surface area contributed by atoms with Gasteiger partial charge in [0.05, 0.1) is 11.1 Å². The first-order valence-corrected chi connectivity index (χ1v) is 12.2. The molecule has 1 atom stereocenters. The van der Waals surface area contributed by atoms with E-state index in [9.17, 15) is 4.79 Å². The fourth-order valence-corrected chi connectivity index (χ4v) is 4.96. The van der Waals surface area contributed by atoms with Crippen LogP contribution in [0.5, 0.6) is 0 Å². The third-order valence-corrected chi connectivity index (χ3v) is 7.05. The van der Waals surface area contributed by atoms with Gasteiger partial charge in [-0.15, -0.1) is 5.10 Å². The van der Waals surface area contributed by atoms with Crippen molar-refractivity contribution in [2.45, 2.75) is 46.2 Å². The summed E-state index contributed by atoms with van der Waals surface area (Å²) in [5.41, 5.74) is 4.63. The molecule has 182 valence electrons. The lowest BCUT2D eigenvalue weighted by Crippen LogP contribution is -2.49. The predicted molar refractivity (Wildman–Crippen MR) is 139 cm³/mol. The number of nitrogens with zero attached hydrogens (tertiary/aromatic N) is 6. The molecule has 1 saturated heterocycles. The minimum atomic E-state index is -0.350. The number of benzene rings is 2. The summed E-state index contributed by atoms with van der Waals surface area (Å²) in [6.07, 6.45) is 0. The second kappa shape index (κ2) is 8.92.